The minimum absolute atomic E-state index is 0.0420. The van der Waals surface area contributed by atoms with Crippen LogP contribution >= 0.6 is 0 Å². The summed E-state index contributed by atoms with van der Waals surface area (Å²) >= 11 is 0. The third-order valence-electron chi connectivity index (χ3n) is 1.93. The molecule has 1 atom stereocenters. The van der Waals surface area contributed by atoms with E-state index in [1.165, 1.54) is 0 Å². The molecule has 9 heavy (non-hydrogen) atoms. The predicted octanol–water partition coefficient (Wildman–Crippen LogP) is 1.62. The van der Waals surface area contributed by atoms with Crippen LogP contribution in [0, 0.1) is 0 Å². The maximum absolute atomic E-state index is 12.2. The van der Waals surface area contributed by atoms with Crippen molar-refractivity contribution in [1.82, 2.24) is 0 Å². The van der Waals surface area contributed by atoms with Crippen LogP contribution in [0.5, 0.6) is 0 Å². The van der Waals surface area contributed by atoms with Gasteiger partial charge in [0.15, 0.2) is 0 Å². The predicted molar refractivity (Wildman–Crippen MR) is 36.0 cm³/mol. The highest BCUT2D eigenvalue weighted by Crippen LogP contribution is 2.36. The Balaban J connectivity index is 2.05. The van der Waals surface area contributed by atoms with Gasteiger partial charge in [-0.3, -0.25) is 0 Å². The first kappa shape index (κ1) is 7.00. The van der Waals surface area contributed by atoms with Crippen LogP contribution in [0.1, 0.15) is 32.6 Å². The Morgan fingerprint density at radius 1 is 1.67 bits per heavy atom. The summed E-state index contributed by atoms with van der Waals surface area (Å²) in [5.41, 5.74) is 5.77. The molecule has 0 heterocycles. The van der Waals surface area contributed by atoms with Crippen LogP contribution in [0.15, 0.2) is 0 Å². The molecule has 0 saturated heterocycles. The van der Waals surface area contributed by atoms with Gasteiger partial charge < -0.3 is 5.73 Å². The molecule has 0 radical (unpaired) electrons. The average molecular weight is 131 g/mol. The van der Waals surface area contributed by atoms with Gasteiger partial charge in [-0.2, -0.15) is 0 Å². The molecular weight excluding hydrogens is 117 g/mol. The number of halogens is 1. The summed E-state index contributed by atoms with van der Waals surface area (Å²) in [6.45, 7) is 1.59. The molecule has 0 amide bonds. The summed E-state index contributed by atoms with van der Waals surface area (Å²) in [6, 6.07) is 0. The van der Waals surface area contributed by atoms with Crippen molar-refractivity contribution in [3.05, 3.63) is 0 Å². The van der Waals surface area contributed by atoms with Gasteiger partial charge in [-0.15, -0.1) is 0 Å². The summed E-state index contributed by atoms with van der Waals surface area (Å²) in [5, 5.41) is 0. The van der Waals surface area contributed by atoms with Crippen LogP contribution in [0.25, 0.3) is 0 Å². The molecule has 0 aromatic rings. The average Bonchev–Trinajstić information content (AvgIpc) is 2.45. The van der Waals surface area contributed by atoms with E-state index < -0.39 is 6.17 Å². The van der Waals surface area contributed by atoms with Gasteiger partial charge in [0.25, 0.3) is 0 Å². The van der Waals surface area contributed by atoms with Crippen molar-refractivity contribution in [3.8, 4) is 0 Å². The third kappa shape index (κ3) is 2.31. The zero-order valence-corrected chi connectivity index (χ0v) is 5.86. The van der Waals surface area contributed by atoms with Gasteiger partial charge in [0.2, 0.25) is 0 Å². The van der Waals surface area contributed by atoms with E-state index in [9.17, 15) is 4.39 Å². The Kier molecular flexibility index (Phi) is 1.75. The van der Waals surface area contributed by atoms with Crippen molar-refractivity contribution < 1.29 is 4.39 Å². The minimum Gasteiger partial charge on any atom is -0.325 e. The molecule has 0 aliphatic heterocycles. The quantitative estimate of drug-likeness (QED) is 0.618. The second kappa shape index (κ2) is 2.25. The van der Waals surface area contributed by atoms with Crippen LogP contribution in [-0.2, 0) is 0 Å². The number of alkyl halides is 1. The van der Waals surface area contributed by atoms with Gasteiger partial charge in [-0.05, 0) is 32.6 Å². The fourth-order valence-electron chi connectivity index (χ4n) is 0.897. The van der Waals surface area contributed by atoms with Gasteiger partial charge in [-0.1, -0.05) is 0 Å². The third-order valence-corrected chi connectivity index (χ3v) is 1.93. The molecule has 1 nitrogen and oxygen atoms in total. The lowest BCUT2D eigenvalue weighted by molar-refractivity contribution is 0.321. The van der Waals surface area contributed by atoms with Crippen molar-refractivity contribution in [1.29, 1.82) is 0 Å². The lowest BCUT2D eigenvalue weighted by Gasteiger charge is -2.07. The Bertz CT molecular complexity index is 97.1. The van der Waals surface area contributed by atoms with Crippen LogP contribution in [0.3, 0.4) is 0 Å². The number of hydrogen-bond donors (Lipinski definition) is 1. The lowest BCUT2D eigenvalue weighted by Crippen LogP contribution is -2.22. The molecule has 1 rings (SSSR count). The van der Waals surface area contributed by atoms with Crippen LogP contribution < -0.4 is 5.73 Å². The Morgan fingerprint density at radius 2 is 2.22 bits per heavy atom. The van der Waals surface area contributed by atoms with Crippen molar-refractivity contribution in [2.75, 3.05) is 0 Å². The van der Waals surface area contributed by atoms with Crippen molar-refractivity contribution in [2.24, 2.45) is 5.73 Å². The normalized spacial score (nSPS) is 25.7. The van der Waals surface area contributed by atoms with E-state index in [0.29, 0.717) is 6.42 Å². The van der Waals surface area contributed by atoms with Gasteiger partial charge in [0.1, 0.15) is 0 Å². The first-order chi connectivity index (χ1) is 4.12. The van der Waals surface area contributed by atoms with E-state index in [0.717, 1.165) is 19.3 Å². The molecule has 0 bridgehead atoms. The second-order valence-electron chi connectivity index (χ2n) is 3.18. The van der Waals surface area contributed by atoms with Gasteiger partial charge in [0, 0.05) is 5.54 Å². The van der Waals surface area contributed by atoms with Crippen molar-refractivity contribution in [3.63, 3.8) is 0 Å². The van der Waals surface area contributed by atoms with Crippen molar-refractivity contribution in [2.45, 2.75) is 44.3 Å². The minimum atomic E-state index is -0.675. The number of rotatable bonds is 3. The molecule has 1 unspecified atom stereocenters. The molecule has 2 N–H and O–H groups in total. The maximum atomic E-state index is 12.2. The Morgan fingerprint density at radius 3 is 2.56 bits per heavy atom. The van der Waals surface area contributed by atoms with Crippen LogP contribution in [0.4, 0.5) is 4.39 Å². The highest BCUT2D eigenvalue weighted by atomic mass is 19.1. The summed E-state index contributed by atoms with van der Waals surface area (Å²) < 4.78 is 12.2. The highest BCUT2D eigenvalue weighted by molar-refractivity contribution is 4.98. The van der Waals surface area contributed by atoms with E-state index >= 15 is 0 Å². The first-order valence-corrected chi connectivity index (χ1v) is 3.55. The second-order valence-corrected chi connectivity index (χ2v) is 3.18. The largest absolute Gasteiger partial charge is 0.325 e. The molecule has 1 saturated carbocycles. The van der Waals surface area contributed by atoms with Gasteiger partial charge in [-0.25, -0.2) is 4.39 Å². The SMILES string of the molecule is CC(F)CCC1(N)CC1. The topological polar surface area (TPSA) is 26.0 Å². The molecule has 1 aliphatic carbocycles. The van der Waals surface area contributed by atoms with E-state index in [2.05, 4.69) is 0 Å². The number of nitrogens with two attached hydrogens (primary N) is 1. The van der Waals surface area contributed by atoms with Crippen LogP contribution in [0.2, 0.25) is 0 Å². The Labute approximate surface area is 55.4 Å². The van der Waals surface area contributed by atoms with E-state index in [1.807, 2.05) is 0 Å². The zero-order chi connectivity index (χ0) is 6.91. The summed E-state index contributed by atoms with van der Waals surface area (Å²) in [4.78, 5) is 0. The zero-order valence-electron chi connectivity index (χ0n) is 5.86. The molecule has 54 valence electrons. The molecule has 2 heteroatoms. The van der Waals surface area contributed by atoms with Gasteiger partial charge >= 0.3 is 0 Å². The smallest absolute Gasteiger partial charge is 0.0974 e. The van der Waals surface area contributed by atoms with E-state index in [4.69, 9.17) is 5.73 Å². The monoisotopic (exact) mass is 131 g/mol. The molecule has 1 fully saturated rings. The molecule has 0 aromatic heterocycles. The van der Waals surface area contributed by atoms with Crippen LogP contribution in [-0.4, -0.2) is 11.7 Å². The number of hydrogen-bond acceptors (Lipinski definition) is 1. The molecule has 0 spiro atoms. The molecule has 1 aliphatic rings. The lowest BCUT2D eigenvalue weighted by atomic mass is 10.1. The standard InChI is InChI=1S/C7H14FN/c1-6(8)2-3-7(9)4-5-7/h6H,2-5,9H2,1H3. The molecular formula is C7H14FN. The molecule has 0 aromatic carbocycles. The van der Waals surface area contributed by atoms with Gasteiger partial charge in [0.05, 0.1) is 6.17 Å². The highest BCUT2D eigenvalue weighted by Gasteiger charge is 2.37. The fraction of sp³-hybridized carbons (Fsp3) is 1.00. The summed E-state index contributed by atoms with van der Waals surface area (Å²) in [6.07, 6.45) is 3.02. The summed E-state index contributed by atoms with van der Waals surface area (Å²) in [7, 11) is 0. The van der Waals surface area contributed by atoms with E-state index in [-0.39, 0.29) is 5.54 Å². The summed E-state index contributed by atoms with van der Waals surface area (Å²) in [5.74, 6) is 0. The first-order valence-electron chi connectivity index (χ1n) is 3.55. The van der Waals surface area contributed by atoms with E-state index in [1.54, 1.807) is 6.92 Å². The van der Waals surface area contributed by atoms with Crippen molar-refractivity contribution >= 4 is 0 Å². The Hall–Kier alpha value is -0.110. The fourth-order valence-corrected chi connectivity index (χ4v) is 0.897. The maximum Gasteiger partial charge on any atom is 0.0974 e.